The zero-order valence-electron chi connectivity index (χ0n) is 15.6. The molecular weight excluding hydrogens is 390 g/mol. The van der Waals surface area contributed by atoms with Gasteiger partial charge >= 0.3 is 5.97 Å². The summed E-state index contributed by atoms with van der Waals surface area (Å²) in [5.74, 6) is -0.500. The predicted molar refractivity (Wildman–Crippen MR) is 111 cm³/mol. The summed E-state index contributed by atoms with van der Waals surface area (Å²) in [6.07, 6.45) is 1.13. The van der Waals surface area contributed by atoms with Gasteiger partial charge in [0.1, 0.15) is 5.75 Å². The lowest BCUT2D eigenvalue weighted by atomic mass is 9.97. The quantitative estimate of drug-likeness (QED) is 0.575. The van der Waals surface area contributed by atoms with E-state index < -0.39 is 16.0 Å². The van der Waals surface area contributed by atoms with Gasteiger partial charge in [-0.05, 0) is 53.1 Å². The van der Waals surface area contributed by atoms with Gasteiger partial charge in [-0.1, -0.05) is 42.5 Å². The van der Waals surface area contributed by atoms with Crippen LogP contribution in [0.4, 0.5) is 5.69 Å². The number of carboxylic acids is 1. The van der Waals surface area contributed by atoms with Gasteiger partial charge in [-0.25, -0.2) is 13.2 Å². The second-order valence-electron chi connectivity index (χ2n) is 6.12. The lowest BCUT2D eigenvalue weighted by Crippen LogP contribution is -2.12. The number of hydrogen-bond acceptors (Lipinski definition) is 4. The summed E-state index contributed by atoms with van der Waals surface area (Å²) in [6, 6.07) is 21.7. The van der Waals surface area contributed by atoms with Crippen molar-refractivity contribution in [3.8, 4) is 5.75 Å². The minimum absolute atomic E-state index is 0.109. The molecule has 0 heterocycles. The second kappa shape index (κ2) is 8.62. The van der Waals surface area contributed by atoms with Crippen LogP contribution in [0.15, 0.2) is 89.8 Å². The van der Waals surface area contributed by atoms with Crippen molar-refractivity contribution in [2.24, 2.45) is 0 Å². The van der Waals surface area contributed by atoms with E-state index in [1.54, 1.807) is 36.4 Å². The number of rotatable bonds is 7. The van der Waals surface area contributed by atoms with Crippen molar-refractivity contribution in [1.29, 1.82) is 0 Å². The van der Waals surface area contributed by atoms with E-state index in [0.717, 1.165) is 11.6 Å². The molecule has 0 unspecified atom stereocenters. The summed E-state index contributed by atoms with van der Waals surface area (Å²) in [5, 5.41) is 9.20. The number of sulfonamides is 1. The van der Waals surface area contributed by atoms with Crippen LogP contribution in [0.5, 0.6) is 5.75 Å². The van der Waals surface area contributed by atoms with E-state index in [0.29, 0.717) is 22.6 Å². The number of aliphatic carboxylic acids is 1. The number of nitrogens with one attached hydrogen (secondary N) is 1. The van der Waals surface area contributed by atoms with E-state index >= 15 is 0 Å². The first-order valence-electron chi connectivity index (χ1n) is 8.66. The van der Waals surface area contributed by atoms with Crippen LogP contribution in [0.1, 0.15) is 11.1 Å². The van der Waals surface area contributed by atoms with Gasteiger partial charge in [-0.15, -0.1) is 0 Å². The molecule has 0 aliphatic heterocycles. The number of carboxylic acid groups (broad SMARTS) is 1. The number of hydrogen-bond donors (Lipinski definition) is 2. The van der Waals surface area contributed by atoms with Gasteiger partial charge in [0.15, 0.2) is 0 Å². The minimum atomic E-state index is -3.76. The van der Waals surface area contributed by atoms with Gasteiger partial charge in [-0.2, -0.15) is 0 Å². The molecule has 2 N–H and O–H groups in total. The summed E-state index contributed by atoms with van der Waals surface area (Å²) in [7, 11) is -2.25. The number of carbonyl (C=O) groups is 1. The van der Waals surface area contributed by atoms with Gasteiger partial charge in [0, 0.05) is 11.8 Å². The molecule has 6 nitrogen and oxygen atoms in total. The molecule has 7 heteroatoms. The Morgan fingerprint density at radius 2 is 1.48 bits per heavy atom. The normalized spacial score (nSPS) is 11.7. The number of benzene rings is 3. The Kier molecular flexibility index (Phi) is 5.99. The number of methoxy groups -OCH3 is 1. The highest BCUT2D eigenvalue weighted by Gasteiger charge is 2.15. The molecule has 0 radical (unpaired) electrons. The first-order chi connectivity index (χ1) is 13.9. The molecule has 0 saturated carbocycles. The summed E-state index contributed by atoms with van der Waals surface area (Å²) in [4.78, 5) is 11.3. The van der Waals surface area contributed by atoms with Gasteiger partial charge in [0.2, 0.25) is 0 Å². The molecule has 148 valence electrons. The molecule has 0 amide bonds. The van der Waals surface area contributed by atoms with Crippen molar-refractivity contribution in [1.82, 2.24) is 0 Å². The molecule has 0 fully saturated rings. The van der Waals surface area contributed by atoms with E-state index in [-0.39, 0.29) is 4.90 Å². The molecule has 29 heavy (non-hydrogen) atoms. The average molecular weight is 409 g/mol. The zero-order valence-corrected chi connectivity index (χ0v) is 16.4. The number of anilines is 1. The Balaban J connectivity index is 1.86. The number of ether oxygens (including phenoxy) is 1. The first kappa shape index (κ1) is 20.2. The molecule has 0 saturated heterocycles. The van der Waals surface area contributed by atoms with Crippen LogP contribution in [0.3, 0.4) is 0 Å². The molecule has 0 aliphatic rings. The first-order valence-corrected chi connectivity index (χ1v) is 10.1. The van der Waals surface area contributed by atoms with E-state index in [9.17, 15) is 18.3 Å². The zero-order chi connectivity index (χ0) is 20.9. The van der Waals surface area contributed by atoms with Crippen molar-refractivity contribution >= 4 is 27.3 Å². The molecular formula is C22H19NO5S. The highest BCUT2D eigenvalue weighted by molar-refractivity contribution is 7.92. The molecule has 0 aliphatic carbocycles. The Bertz CT molecular complexity index is 1120. The average Bonchev–Trinajstić information content (AvgIpc) is 2.73. The second-order valence-corrected chi connectivity index (χ2v) is 7.80. The van der Waals surface area contributed by atoms with E-state index in [1.807, 2.05) is 30.3 Å². The van der Waals surface area contributed by atoms with Crippen LogP contribution in [0, 0.1) is 0 Å². The van der Waals surface area contributed by atoms with E-state index in [1.165, 1.54) is 19.2 Å². The fourth-order valence-corrected chi connectivity index (χ4v) is 3.82. The predicted octanol–water partition coefficient (Wildman–Crippen LogP) is 4.01. The van der Waals surface area contributed by atoms with Gasteiger partial charge in [0.05, 0.1) is 12.0 Å². The summed E-state index contributed by atoms with van der Waals surface area (Å²) < 4.78 is 32.6. The third-order valence-corrected chi connectivity index (χ3v) is 5.57. The van der Waals surface area contributed by atoms with Crippen LogP contribution >= 0.6 is 0 Å². The molecule has 0 atom stereocenters. The van der Waals surface area contributed by atoms with Crippen molar-refractivity contribution in [2.45, 2.75) is 4.90 Å². The Labute approximate surface area is 169 Å². The largest absolute Gasteiger partial charge is 0.497 e. The molecule has 0 bridgehead atoms. The molecule has 3 aromatic carbocycles. The summed E-state index contributed by atoms with van der Waals surface area (Å²) >= 11 is 0. The van der Waals surface area contributed by atoms with Crippen molar-refractivity contribution < 1.29 is 23.1 Å². The van der Waals surface area contributed by atoms with Crippen LogP contribution in [0.25, 0.3) is 5.57 Å². The Hall–Kier alpha value is -3.58. The van der Waals surface area contributed by atoms with Crippen molar-refractivity contribution in [3.05, 3.63) is 96.1 Å². The molecule has 0 aromatic heterocycles. The summed E-state index contributed by atoms with van der Waals surface area (Å²) in [6.45, 7) is 0. The standard InChI is InChI=1S/C22H19NO5S/c1-28-19-11-13-20(14-12-19)29(26,27)23-18-9-7-17(8-10-18)21(15-22(24)25)16-5-3-2-4-6-16/h2-15,23H,1H3,(H,24,25)/b21-15-. The summed E-state index contributed by atoms with van der Waals surface area (Å²) in [5.41, 5.74) is 2.31. The Morgan fingerprint density at radius 3 is 2.03 bits per heavy atom. The molecule has 0 spiro atoms. The van der Waals surface area contributed by atoms with Gasteiger partial charge in [-0.3, -0.25) is 4.72 Å². The fourth-order valence-electron chi connectivity index (χ4n) is 2.76. The maximum Gasteiger partial charge on any atom is 0.328 e. The smallest absolute Gasteiger partial charge is 0.328 e. The lowest BCUT2D eigenvalue weighted by molar-refractivity contribution is -0.131. The SMILES string of the molecule is COc1ccc(S(=O)(=O)Nc2ccc(/C(=C\C(=O)O)c3ccccc3)cc2)cc1. The van der Waals surface area contributed by atoms with Crippen LogP contribution in [-0.4, -0.2) is 26.6 Å². The van der Waals surface area contributed by atoms with E-state index in [4.69, 9.17) is 4.74 Å². The monoisotopic (exact) mass is 409 g/mol. The van der Waals surface area contributed by atoms with E-state index in [2.05, 4.69) is 4.72 Å². The maximum atomic E-state index is 12.5. The van der Waals surface area contributed by atoms with Crippen LogP contribution in [0.2, 0.25) is 0 Å². The minimum Gasteiger partial charge on any atom is -0.497 e. The Morgan fingerprint density at radius 1 is 0.897 bits per heavy atom. The third-order valence-electron chi connectivity index (χ3n) is 4.17. The van der Waals surface area contributed by atoms with Crippen LogP contribution in [-0.2, 0) is 14.8 Å². The van der Waals surface area contributed by atoms with Gasteiger partial charge in [0.25, 0.3) is 10.0 Å². The molecule has 3 rings (SSSR count). The van der Waals surface area contributed by atoms with Crippen molar-refractivity contribution in [2.75, 3.05) is 11.8 Å². The van der Waals surface area contributed by atoms with Gasteiger partial charge < -0.3 is 9.84 Å². The highest BCUT2D eigenvalue weighted by Crippen LogP contribution is 2.26. The topological polar surface area (TPSA) is 92.7 Å². The van der Waals surface area contributed by atoms with Crippen LogP contribution < -0.4 is 9.46 Å². The third kappa shape index (κ3) is 5.03. The fraction of sp³-hybridized carbons (Fsp3) is 0.0455. The lowest BCUT2D eigenvalue weighted by Gasteiger charge is -2.11. The van der Waals surface area contributed by atoms with Crippen molar-refractivity contribution in [3.63, 3.8) is 0 Å². The maximum absolute atomic E-state index is 12.5. The molecule has 3 aromatic rings. The highest BCUT2D eigenvalue weighted by atomic mass is 32.2.